The molecule has 0 bridgehead atoms. The normalized spacial score (nSPS) is 13.3. The molecule has 0 aliphatic heterocycles. The molecule has 1 aromatic carbocycles. The summed E-state index contributed by atoms with van der Waals surface area (Å²) < 4.78 is 15.2. The fraction of sp³-hybridized carbons (Fsp3) is 0.263. The SMILES string of the molecule is CN[C@H](C[C@H](N)c1ccc(-c2cn(C)cn2)s1)C(=O)Nc1ccc(F)c(Cl)c1. The van der Waals surface area contributed by atoms with Gasteiger partial charge in [0.1, 0.15) is 5.82 Å². The highest BCUT2D eigenvalue weighted by Gasteiger charge is 2.22. The zero-order valence-electron chi connectivity index (χ0n) is 15.4. The minimum absolute atomic E-state index is 0.0452. The number of halogens is 2. The molecule has 0 saturated heterocycles. The second kappa shape index (κ2) is 8.83. The Morgan fingerprint density at radius 2 is 2.18 bits per heavy atom. The molecule has 2 atom stereocenters. The Morgan fingerprint density at radius 1 is 1.39 bits per heavy atom. The van der Waals surface area contributed by atoms with Gasteiger partial charge in [0.05, 0.1) is 28.0 Å². The van der Waals surface area contributed by atoms with Gasteiger partial charge < -0.3 is 20.9 Å². The number of carbonyl (C=O) groups excluding carboxylic acids is 1. The Labute approximate surface area is 171 Å². The minimum Gasteiger partial charge on any atom is -0.340 e. The van der Waals surface area contributed by atoms with Gasteiger partial charge in [-0.05, 0) is 43.8 Å². The van der Waals surface area contributed by atoms with Crippen LogP contribution in [0.1, 0.15) is 17.3 Å². The molecule has 1 amide bonds. The van der Waals surface area contributed by atoms with Gasteiger partial charge in [-0.3, -0.25) is 4.79 Å². The molecule has 0 aliphatic rings. The van der Waals surface area contributed by atoms with E-state index in [2.05, 4.69) is 15.6 Å². The average Bonchev–Trinajstić information content (AvgIpc) is 3.31. The first-order chi connectivity index (χ1) is 13.4. The third-order valence-electron chi connectivity index (χ3n) is 4.29. The number of hydrogen-bond donors (Lipinski definition) is 3. The van der Waals surface area contributed by atoms with Crippen molar-refractivity contribution in [3.05, 3.63) is 58.6 Å². The third-order valence-corrected chi connectivity index (χ3v) is 5.82. The van der Waals surface area contributed by atoms with E-state index in [1.165, 1.54) is 18.2 Å². The van der Waals surface area contributed by atoms with Crippen molar-refractivity contribution >= 4 is 34.5 Å². The molecule has 3 rings (SSSR count). The molecule has 0 spiro atoms. The van der Waals surface area contributed by atoms with Gasteiger partial charge in [0, 0.05) is 29.9 Å². The van der Waals surface area contributed by atoms with Gasteiger partial charge in [0.25, 0.3) is 0 Å². The summed E-state index contributed by atoms with van der Waals surface area (Å²) in [7, 11) is 3.61. The van der Waals surface area contributed by atoms with Crippen molar-refractivity contribution < 1.29 is 9.18 Å². The summed E-state index contributed by atoms with van der Waals surface area (Å²) in [5.41, 5.74) is 7.66. The van der Waals surface area contributed by atoms with E-state index in [1.54, 1.807) is 24.7 Å². The van der Waals surface area contributed by atoms with Crippen LogP contribution in [0.15, 0.2) is 42.9 Å². The van der Waals surface area contributed by atoms with Crippen LogP contribution in [-0.2, 0) is 11.8 Å². The van der Waals surface area contributed by atoms with Gasteiger partial charge >= 0.3 is 0 Å². The molecular formula is C19H21ClFN5OS. The van der Waals surface area contributed by atoms with Crippen LogP contribution >= 0.6 is 22.9 Å². The molecule has 0 unspecified atom stereocenters. The number of nitrogens with one attached hydrogen (secondary N) is 2. The summed E-state index contributed by atoms with van der Waals surface area (Å²) in [5, 5.41) is 5.67. The van der Waals surface area contributed by atoms with Gasteiger partial charge in [0.2, 0.25) is 5.91 Å². The largest absolute Gasteiger partial charge is 0.340 e. The first kappa shape index (κ1) is 20.5. The number of anilines is 1. The van der Waals surface area contributed by atoms with Crippen LogP contribution in [0, 0.1) is 5.82 Å². The summed E-state index contributed by atoms with van der Waals surface area (Å²) in [6.07, 6.45) is 4.09. The number of imidazole rings is 1. The van der Waals surface area contributed by atoms with Gasteiger partial charge in [-0.1, -0.05) is 11.6 Å². The van der Waals surface area contributed by atoms with Crippen molar-refractivity contribution in [1.29, 1.82) is 0 Å². The van der Waals surface area contributed by atoms with Crippen molar-refractivity contribution in [2.45, 2.75) is 18.5 Å². The molecule has 6 nitrogen and oxygen atoms in total. The molecular weight excluding hydrogens is 401 g/mol. The summed E-state index contributed by atoms with van der Waals surface area (Å²) in [6.45, 7) is 0. The highest BCUT2D eigenvalue weighted by molar-refractivity contribution is 7.15. The van der Waals surface area contributed by atoms with Crippen molar-refractivity contribution in [2.75, 3.05) is 12.4 Å². The molecule has 0 radical (unpaired) electrons. The van der Waals surface area contributed by atoms with E-state index >= 15 is 0 Å². The maximum atomic E-state index is 13.3. The Balaban J connectivity index is 1.65. The van der Waals surface area contributed by atoms with Crippen molar-refractivity contribution in [2.24, 2.45) is 12.8 Å². The summed E-state index contributed by atoms with van der Waals surface area (Å²) in [4.78, 5) is 18.9. The van der Waals surface area contributed by atoms with Crippen molar-refractivity contribution in [1.82, 2.24) is 14.9 Å². The molecule has 28 heavy (non-hydrogen) atoms. The monoisotopic (exact) mass is 421 g/mol. The minimum atomic E-state index is -0.534. The summed E-state index contributed by atoms with van der Waals surface area (Å²) in [5.74, 6) is -0.796. The molecule has 0 saturated carbocycles. The van der Waals surface area contributed by atoms with Crippen LogP contribution in [-0.4, -0.2) is 28.5 Å². The highest BCUT2D eigenvalue weighted by atomic mass is 35.5. The third kappa shape index (κ3) is 4.77. The molecule has 2 aromatic heterocycles. The first-order valence-corrected chi connectivity index (χ1v) is 9.83. The zero-order valence-corrected chi connectivity index (χ0v) is 17.0. The number of nitrogens with zero attached hydrogens (tertiary/aromatic N) is 2. The van der Waals surface area contributed by atoms with Crippen LogP contribution < -0.4 is 16.4 Å². The quantitative estimate of drug-likeness (QED) is 0.544. The molecule has 148 valence electrons. The second-order valence-corrected chi connectivity index (χ2v) is 7.95. The molecule has 9 heteroatoms. The smallest absolute Gasteiger partial charge is 0.241 e. The van der Waals surface area contributed by atoms with Crippen LogP contribution in [0.4, 0.5) is 10.1 Å². The molecule has 0 aliphatic carbocycles. The lowest BCUT2D eigenvalue weighted by Gasteiger charge is -2.19. The second-order valence-electron chi connectivity index (χ2n) is 6.43. The van der Waals surface area contributed by atoms with Crippen LogP contribution in [0.25, 0.3) is 10.6 Å². The molecule has 4 N–H and O–H groups in total. The molecule has 2 heterocycles. The zero-order chi connectivity index (χ0) is 20.3. The number of rotatable bonds is 7. The number of benzene rings is 1. The van der Waals surface area contributed by atoms with Gasteiger partial charge in [0.15, 0.2) is 0 Å². The number of nitrogens with two attached hydrogens (primary N) is 1. The van der Waals surface area contributed by atoms with E-state index in [0.717, 1.165) is 15.4 Å². The van der Waals surface area contributed by atoms with Gasteiger partial charge in [-0.15, -0.1) is 11.3 Å². The Morgan fingerprint density at radius 3 is 2.82 bits per heavy atom. The molecule has 3 aromatic rings. The Kier molecular flexibility index (Phi) is 6.46. The summed E-state index contributed by atoms with van der Waals surface area (Å²) in [6, 6.07) is 7.16. The van der Waals surface area contributed by atoms with E-state index in [1.807, 2.05) is 29.9 Å². The predicted molar refractivity (Wildman–Crippen MR) is 111 cm³/mol. The predicted octanol–water partition coefficient (Wildman–Crippen LogP) is 3.56. The topological polar surface area (TPSA) is 85.0 Å². The fourth-order valence-corrected chi connectivity index (χ4v) is 3.92. The van der Waals surface area contributed by atoms with E-state index in [-0.39, 0.29) is 17.0 Å². The van der Waals surface area contributed by atoms with Gasteiger partial charge in [-0.2, -0.15) is 0 Å². The number of carbonyl (C=O) groups is 1. The van der Waals surface area contributed by atoms with Gasteiger partial charge in [-0.25, -0.2) is 9.37 Å². The number of amides is 1. The van der Waals surface area contributed by atoms with Crippen LogP contribution in [0.2, 0.25) is 5.02 Å². The maximum absolute atomic E-state index is 13.3. The summed E-state index contributed by atoms with van der Waals surface area (Å²) >= 11 is 7.32. The van der Waals surface area contributed by atoms with Crippen LogP contribution in [0.5, 0.6) is 0 Å². The van der Waals surface area contributed by atoms with Crippen molar-refractivity contribution in [3.8, 4) is 10.6 Å². The fourth-order valence-electron chi connectivity index (χ4n) is 2.76. The maximum Gasteiger partial charge on any atom is 0.241 e. The number of thiophene rings is 1. The Bertz CT molecular complexity index is 973. The number of aromatic nitrogens is 2. The van der Waals surface area contributed by atoms with Crippen molar-refractivity contribution in [3.63, 3.8) is 0 Å². The lowest BCUT2D eigenvalue weighted by atomic mass is 10.1. The molecule has 0 fully saturated rings. The number of hydrogen-bond acceptors (Lipinski definition) is 5. The lowest BCUT2D eigenvalue weighted by Crippen LogP contribution is -2.40. The van der Waals surface area contributed by atoms with E-state index in [0.29, 0.717) is 12.1 Å². The number of aryl methyl sites for hydroxylation is 1. The number of likely N-dealkylation sites (N-methyl/N-ethyl adjacent to an activating group) is 1. The Hall–Kier alpha value is -2.26. The lowest BCUT2D eigenvalue weighted by molar-refractivity contribution is -0.118. The average molecular weight is 422 g/mol. The van der Waals surface area contributed by atoms with E-state index in [4.69, 9.17) is 17.3 Å². The van der Waals surface area contributed by atoms with Crippen LogP contribution in [0.3, 0.4) is 0 Å². The standard InChI is InChI=1S/C19H21ClFN5OS/c1-23-15(19(27)25-11-3-4-13(21)12(20)7-11)8-14(22)17-5-6-18(28-17)16-9-26(2)10-24-16/h3-7,9-10,14-15,23H,8,22H2,1-2H3,(H,25,27)/t14-,15+/m0/s1. The first-order valence-electron chi connectivity index (χ1n) is 8.64. The van der Waals surface area contributed by atoms with E-state index in [9.17, 15) is 9.18 Å². The highest BCUT2D eigenvalue weighted by Crippen LogP contribution is 2.31. The van der Waals surface area contributed by atoms with E-state index < -0.39 is 11.9 Å².